The van der Waals surface area contributed by atoms with Crippen LogP contribution >= 0.6 is 15.9 Å². The predicted octanol–water partition coefficient (Wildman–Crippen LogP) is 3.21. The van der Waals surface area contributed by atoms with E-state index in [1.54, 1.807) is 6.07 Å². The molecule has 6 heteroatoms. The topological polar surface area (TPSA) is 78.4 Å². The van der Waals surface area contributed by atoms with E-state index in [1.807, 2.05) is 6.92 Å². The second kappa shape index (κ2) is 5.21. The third kappa shape index (κ3) is 3.26. The fourth-order valence-electron chi connectivity index (χ4n) is 2.01. The van der Waals surface area contributed by atoms with Gasteiger partial charge in [0.2, 0.25) is 0 Å². The molecule has 2 rings (SSSR count). The van der Waals surface area contributed by atoms with E-state index in [0.717, 1.165) is 19.3 Å². The van der Waals surface area contributed by atoms with Gasteiger partial charge in [-0.25, -0.2) is 9.59 Å². The summed E-state index contributed by atoms with van der Waals surface area (Å²) < 4.78 is 0.645. The number of carbonyl (C=O) groups excluding carboxylic acids is 1. The Balaban J connectivity index is 2.07. The number of hydrogen-bond donors (Lipinski definition) is 3. The maximum atomic E-state index is 11.9. The van der Waals surface area contributed by atoms with Crippen LogP contribution in [-0.4, -0.2) is 22.6 Å². The van der Waals surface area contributed by atoms with Crippen molar-refractivity contribution in [3.8, 4) is 0 Å². The highest BCUT2D eigenvalue weighted by molar-refractivity contribution is 9.10. The third-order valence-corrected chi connectivity index (χ3v) is 4.03. The normalized spacial score (nSPS) is 16.3. The van der Waals surface area contributed by atoms with E-state index in [1.165, 1.54) is 12.1 Å². The van der Waals surface area contributed by atoms with Gasteiger partial charge < -0.3 is 15.7 Å². The second-order valence-corrected chi connectivity index (χ2v) is 5.85. The minimum atomic E-state index is -1.03. The van der Waals surface area contributed by atoms with Gasteiger partial charge in [0.1, 0.15) is 0 Å². The van der Waals surface area contributed by atoms with Crippen molar-refractivity contribution in [3.05, 3.63) is 28.2 Å². The van der Waals surface area contributed by atoms with Crippen molar-refractivity contribution in [2.75, 3.05) is 5.32 Å². The number of amides is 2. The fourth-order valence-corrected chi connectivity index (χ4v) is 2.36. The van der Waals surface area contributed by atoms with Gasteiger partial charge in [0.25, 0.3) is 0 Å². The van der Waals surface area contributed by atoms with E-state index < -0.39 is 5.97 Å². The largest absolute Gasteiger partial charge is 0.478 e. The van der Waals surface area contributed by atoms with Gasteiger partial charge in [-0.2, -0.15) is 0 Å². The number of aromatic carboxylic acids is 1. The molecular formula is C13H15BrN2O3. The molecule has 1 saturated carbocycles. The molecule has 0 aromatic heterocycles. The molecule has 3 N–H and O–H groups in total. The third-order valence-electron chi connectivity index (χ3n) is 3.33. The summed E-state index contributed by atoms with van der Waals surface area (Å²) in [6, 6.07) is 4.19. The molecule has 0 spiro atoms. The zero-order valence-corrected chi connectivity index (χ0v) is 12.1. The zero-order valence-electron chi connectivity index (χ0n) is 10.5. The molecule has 0 radical (unpaired) electrons. The van der Waals surface area contributed by atoms with E-state index >= 15 is 0 Å². The molecule has 0 aliphatic heterocycles. The lowest BCUT2D eigenvalue weighted by atomic mass is 9.79. The highest BCUT2D eigenvalue weighted by Crippen LogP contribution is 2.31. The number of anilines is 1. The number of rotatable bonds is 3. The summed E-state index contributed by atoms with van der Waals surface area (Å²) in [5.74, 6) is -1.03. The molecule has 0 heterocycles. The molecule has 1 fully saturated rings. The lowest BCUT2D eigenvalue weighted by molar-refractivity contribution is 0.0697. The Morgan fingerprint density at radius 2 is 2.05 bits per heavy atom. The molecule has 102 valence electrons. The number of carboxylic acids is 1. The number of benzene rings is 1. The van der Waals surface area contributed by atoms with Crippen LogP contribution in [-0.2, 0) is 0 Å². The number of carbonyl (C=O) groups is 2. The van der Waals surface area contributed by atoms with Gasteiger partial charge >= 0.3 is 12.0 Å². The minimum absolute atomic E-state index is 0.133. The Labute approximate surface area is 119 Å². The number of urea groups is 1. The van der Waals surface area contributed by atoms with Crippen LogP contribution in [0.4, 0.5) is 10.5 Å². The van der Waals surface area contributed by atoms with Gasteiger partial charge in [-0.1, -0.05) is 0 Å². The first kappa shape index (κ1) is 13.9. The summed E-state index contributed by atoms with van der Waals surface area (Å²) in [6.07, 6.45) is 3.06. The lowest BCUT2D eigenvalue weighted by Gasteiger charge is -2.39. The monoisotopic (exact) mass is 326 g/mol. The van der Waals surface area contributed by atoms with Crippen LogP contribution in [0.5, 0.6) is 0 Å². The number of hydrogen-bond acceptors (Lipinski definition) is 2. The van der Waals surface area contributed by atoms with Crippen molar-refractivity contribution < 1.29 is 14.7 Å². The molecule has 19 heavy (non-hydrogen) atoms. The average molecular weight is 327 g/mol. The van der Waals surface area contributed by atoms with Gasteiger partial charge in [0.15, 0.2) is 0 Å². The molecule has 0 bridgehead atoms. The van der Waals surface area contributed by atoms with E-state index in [9.17, 15) is 9.59 Å². The van der Waals surface area contributed by atoms with Crippen LogP contribution in [0.1, 0.15) is 36.5 Å². The minimum Gasteiger partial charge on any atom is -0.478 e. The van der Waals surface area contributed by atoms with Crippen molar-refractivity contribution in [2.24, 2.45) is 0 Å². The van der Waals surface area contributed by atoms with E-state index in [2.05, 4.69) is 26.6 Å². The number of nitrogens with one attached hydrogen (secondary N) is 2. The van der Waals surface area contributed by atoms with E-state index in [0.29, 0.717) is 10.2 Å². The van der Waals surface area contributed by atoms with Crippen LogP contribution in [0.25, 0.3) is 0 Å². The Hall–Kier alpha value is -1.56. The van der Waals surface area contributed by atoms with Crippen molar-refractivity contribution in [2.45, 2.75) is 31.7 Å². The first-order valence-electron chi connectivity index (χ1n) is 6.02. The molecular weight excluding hydrogens is 312 g/mol. The molecule has 1 aliphatic rings. The zero-order chi connectivity index (χ0) is 14.0. The summed E-state index contributed by atoms with van der Waals surface area (Å²) >= 11 is 3.28. The van der Waals surface area contributed by atoms with Crippen molar-refractivity contribution in [3.63, 3.8) is 0 Å². The standard InChI is InChI=1S/C13H15BrN2O3/c1-13(5-2-6-13)16-12(19)15-10-7-8(11(17)18)3-4-9(10)14/h3-4,7H,2,5-6H2,1H3,(H,17,18)(H2,15,16,19). The molecule has 0 saturated heterocycles. The first-order chi connectivity index (χ1) is 8.89. The molecule has 0 atom stereocenters. The highest BCUT2D eigenvalue weighted by atomic mass is 79.9. The second-order valence-electron chi connectivity index (χ2n) is 4.99. The summed E-state index contributed by atoms with van der Waals surface area (Å²) in [6.45, 7) is 2.00. The van der Waals surface area contributed by atoms with Crippen molar-refractivity contribution in [1.82, 2.24) is 5.32 Å². The Kier molecular flexibility index (Phi) is 3.80. The summed E-state index contributed by atoms with van der Waals surface area (Å²) in [4.78, 5) is 22.8. The van der Waals surface area contributed by atoms with Crippen molar-refractivity contribution >= 4 is 33.6 Å². The average Bonchev–Trinajstić information content (AvgIpc) is 2.29. The number of carboxylic acid groups (broad SMARTS) is 1. The Morgan fingerprint density at radius 1 is 1.37 bits per heavy atom. The van der Waals surface area contributed by atoms with E-state index in [4.69, 9.17) is 5.11 Å². The maximum absolute atomic E-state index is 11.9. The number of halogens is 1. The summed E-state index contributed by atoms with van der Waals surface area (Å²) in [7, 11) is 0. The fraction of sp³-hybridized carbons (Fsp3) is 0.385. The maximum Gasteiger partial charge on any atom is 0.335 e. The van der Waals surface area contributed by atoms with Crippen LogP contribution in [0.2, 0.25) is 0 Å². The molecule has 5 nitrogen and oxygen atoms in total. The molecule has 1 aliphatic carbocycles. The Morgan fingerprint density at radius 3 is 2.58 bits per heavy atom. The molecule has 2 amide bonds. The van der Waals surface area contributed by atoms with Crippen LogP contribution in [0.15, 0.2) is 22.7 Å². The predicted molar refractivity (Wildman–Crippen MR) is 75.5 cm³/mol. The van der Waals surface area contributed by atoms with Gasteiger partial charge in [-0.3, -0.25) is 0 Å². The molecule has 1 aromatic rings. The van der Waals surface area contributed by atoms with Gasteiger partial charge in [-0.15, -0.1) is 0 Å². The van der Waals surface area contributed by atoms with Gasteiger partial charge in [-0.05, 0) is 60.3 Å². The Bertz CT molecular complexity index is 527. The molecule has 1 aromatic carbocycles. The smallest absolute Gasteiger partial charge is 0.335 e. The van der Waals surface area contributed by atoms with Crippen LogP contribution in [0, 0.1) is 0 Å². The quantitative estimate of drug-likeness (QED) is 0.798. The lowest BCUT2D eigenvalue weighted by Crippen LogP contribution is -2.52. The SMILES string of the molecule is CC1(NC(=O)Nc2cc(C(=O)O)ccc2Br)CCC1. The van der Waals surface area contributed by atoms with Crippen LogP contribution in [0.3, 0.4) is 0 Å². The molecule has 0 unspecified atom stereocenters. The summed E-state index contributed by atoms with van der Waals surface area (Å²) in [5, 5.41) is 14.5. The highest BCUT2D eigenvalue weighted by Gasteiger charge is 2.33. The van der Waals surface area contributed by atoms with Crippen LogP contribution < -0.4 is 10.6 Å². The van der Waals surface area contributed by atoms with Crippen molar-refractivity contribution in [1.29, 1.82) is 0 Å². The van der Waals surface area contributed by atoms with E-state index in [-0.39, 0.29) is 17.1 Å². The van der Waals surface area contributed by atoms with Gasteiger partial charge in [0.05, 0.1) is 11.3 Å². The first-order valence-corrected chi connectivity index (χ1v) is 6.81. The van der Waals surface area contributed by atoms with Gasteiger partial charge in [0, 0.05) is 10.0 Å². The summed E-state index contributed by atoms with van der Waals surface area (Å²) in [5.41, 5.74) is 0.440.